The third kappa shape index (κ3) is 7.47. The number of anilines is 2. The van der Waals surface area contributed by atoms with E-state index in [4.69, 9.17) is 34.8 Å². The summed E-state index contributed by atoms with van der Waals surface area (Å²) in [6.07, 6.45) is 0. The number of nitrogens with one attached hydrogen (secondary N) is 1. The first-order valence-corrected chi connectivity index (χ1v) is 15.6. The molecule has 15 nitrogen and oxygen atoms in total. The molecule has 1 heterocycles. The minimum atomic E-state index is -5.17. The molecule has 216 valence electrons. The summed E-state index contributed by atoms with van der Waals surface area (Å²) in [6, 6.07) is 5.58. The van der Waals surface area contributed by atoms with Crippen LogP contribution in [0.2, 0.25) is 15.5 Å². The summed E-state index contributed by atoms with van der Waals surface area (Å²) >= 11 is 17.6. The van der Waals surface area contributed by atoms with Crippen LogP contribution < -0.4 is 40.0 Å². The third-order valence-corrected chi connectivity index (χ3v) is 8.61. The Bertz CT molecular complexity index is 2120. The van der Waals surface area contributed by atoms with Crippen LogP contribution in [0.4, 0.5) is 22.9 Å². The molecule has 2 N–H and O–H groups in total. The van der Waals surface area contributed by atoms with E-state index in [-0.39, 0.29) is 56.5 Å². The van der Waals surface area contributed by atoms with Crippen molar-refractivity contribution in [2.24, 2.45) is 10.2 Å². The fourth-order valence-electron chi connectivity index (χ4n) is 3.38. The Morgan fingerprint density at radius 3 is 2.02 bits per heavy atom. The van der Waals surface area contributed by atoms with Gasteiger partial charge in [0.25, 0.3) is 10.1 Å². The zero-order valence-corrected chi connectivity index (χ0v) is 27.0. The Labute approximate surface area is 274 Å². The molecule has 0 aliphatic rings. The van der Waals surface area contributed by atoms with E-state index in [2.05, 4.69) is 25.5 Å². The van der Waals surface area contributed by atoms with Crippen LogP contribution in [0.5, 0.6) is 5.75 Å². The number of rotatable bonds is 7. The molecule has 0 amide bonds. The molecule has 22 heteroatoms. The molecule has 0 unspecified atom stereocenters. The van der Waals surface area contributed by atoms with Crippen LogP contribution in [0.1, 0.15) is 0 Å². The number of azo groups is 1. The maximum atomic E-state index is 13.0. The molecular weight excluding hydrogens is 696 g/mol. The molecule has 0 aliphatic heterocycles. The zero-order chi connectivity index (χ0) is 30.5. The number of benzene rings is 3. The number of hydrogen-bond donors (Lipinski definition) is 2. The number of nitrogens with zero attached hydrogens (tertiary/aromatic N) is 4. The number of halogens is 3. The smallest absolute Gasteiger partial charge is 0.871 e. The van der Waals surface area contributed by atoms with Crippen LogP contribution in [-0.4, -0.2) is 48.9 Å². The van der Waals surface area contributed by atoms with Gasteiger partial charge in [0.15, 0.2) is 11.0 Å². The predicted octanol–water partition coefficient (Wildman–Crippen LogP) is 0.882. The minimum absolute atomic E-state index is 0. The van der Waals surface area contributed by atoms with E-state index in [1.807, 2.05) is 0 Å². The van der Waals surface area contributed by atoms with Crippen molar-refractivity contribution in [2.45, 2.75) is 14.7 Å². The maximum absolute atomic E-state index is 13.0. The Hall–Kier alpha value is -2.20. The van der Waals surface area contributed by atoms with Gasteiger partial charge < -0.3 is 19.5 Å². The van der Waals surface area contributed by atoms with Gasteiger partial charge in [-0.15, -0.1) is 5.11 Å². The van der Waals surface area contributed by atoms with Crippen LogP contribution in [0.15, 0.2) is 67.4 Å². The number of fused-ring (bicyclic) bond motifs is 1. The summed E-state index contributed by atoms with van der Waals surface area (Å²) in [5.74, 6) is -1.17. The topological polar surface area (TPSA) is 254 Å². The Balaban J connectivity index is 0.00000484. The summed E-state index contributed by atoms with van der Waals surface area (Å²) in [5, 5.41) is 21.0. The Morgan fingerprint density at radius 1 is 0.786 bits per heavy atom. The van der Waals surface area contributed by atoms with E-state index in [0.29, 0.717) is 12.1 Å². The monoisotopic (exact) mass is 703 g/mol. The molecule has 0 aliphatic carbocycles. The minimum Gasteiger partial charge on any atom is -0.871 e. The van der Waals surface area contributed by atoms with Crippen molar-refractivity contribution in [1.82, 2.24) is 9.97 Å². The molecule has 0 spiro atoms. The van der Waals surface area contributed by atoms with Gasteiger partial charge in [0.1, 0.15) is 35.8 Å². The van der Waals surface area contributed by atoms with Crippen molar-refractivity contribution in [3.05, 3.63) is 57.9 Å². The van der Waals surface area contributed by atoms with Gasteiger partial charge in [0, 0.05) is 11.1 Å². The summed E-state index contributed by atoms with van der Waals surface area (Å²) in [4.78, 5) is 4.67. The first-order valence-electron chi connectivity index (χ1n) is 10.2. The van der Waals surface area contributed by atoms with Gasteiger partial charge in [-0.3, -0.25) is 4.55 Å². The van der Waals surface area contributed by atoms with Gasteiger partial charge in [-0.05, 0) is 53.4 Å². The molecule has 0 saturated carbocycles. The maximum Gasteiger partial charge on any atom is 1.00 e. The van der Waals surface area contributed by atoms with E-state index in [1.54, 1.807) is 0 Å². The Kier molecular flexibility index (Phi) is 10.1. The quantitative estimate of drug-likeness (QED) is 0.0892. The average molecular weight is 705 g/mol. The molecular formula is C20H9Cl3N5NaO10S3-2. The van der Waals surface area contributed by atoms with Crippen LogP contribution in [0, 0.1) is 0 Å². The summed E-state index contributed by atoms with van der Waals surface area (Å²) < 4.78 is 103. The number of aromatic nitrogens is 2. The average Bonchev–Trinajstić information content (AvgIpc) is 2.84. The second kappa shape index (κ2) is 12.4. The molecule has 0 fully saturated rings. The van der Waals surface area contributed by atoms with E-state index in [0.717, 1.165) is 30.3 Å². The molecule has 0 saturated heterocycles. The second-order valence-corrected chi connectivity index (χ2v) is 13.0. The first kappa shape index (κ1) is 34.3. The fraction of sp³-hybridized carbons (Fsp3) is 0. The molecule has 4 aromatic rings. The predicted molar refractivity (Wildman–Crippen MR) is 140 cm³/mol. The number of hydrogen-bond acceptors (Lipinski definition) is 14. The summed E-state index contributed by atoms with van der Waals surface area (Å²) in [6.45, 7) is 0. The summed E-state index contributed by atoms with van der Waals surface area (Å²) in [7, 11) is -15.4. The molecule has 1 aromatic heterocycles. The van der Waals surface area contributed by atoms with Gasteiger partial charge in [0.2, 0.25) is 5.28 Å². The first-order chi connectivity index (χ1) is 18.9. The normalized spacial score (nSPS) is 12.4. The van der Waals surface area contributed by atoms with Gasteiger partial charge in [0.05, 0.1) is 15.5 Å². The third-order valence-electron chi connectivity index (χ3n) is 5.11. The van der Waals surface area contributed by atoms with Crippen molar-refractivity contribution >= 4 is 98.8 Å². The Morgan fingerprint density at radius 2 is 1.43 bits per heavy atom. The largest absolute Gasteiger partial charge is 1.00 e. The van der Waals surface area contributed by atoms with Crippen molar-refractivity contribution in [3.8, 4) is 5.75 Å². The van der Waals surface area contributed by atoms with Gasteiger partial charge >= 0.3 is 29.6 Å². The molecule has 0 bridgehead atoms. The van der Waals surface area contributed by atoms with Crippen LogP contribution in [-0.2, 0) is 30.4 Å². The van der Waals surface area contributed by atoms with Gasteiger partial charge in [-0.1, -0.05) is 35.0 Å². The molecule has 4 rings (SSSR count). The molecule has 0 radical (unpaired) electrons. The van der Waals surface area contributed by atoms with E-state index in [9.17, 15) is 44.0 Å². The van der Waals surface area contributed by atoms with Crippen molar-refractivity contribution in [2.75, 3.05) is 5.32 Å². The fourth-order valence-corrected chi connectivity index (χ4v) is 5.69. The van der Waals surface area contributed by atoms with Crippen LogP contribution >= 0.6 is 34.8 Å². The summed E-state index contributed by atoms with van der Waals surface area (Å²) in [5.41, 5.74) is -1.38. The van der Waals surface area contributed by atoms with E-state index < -0.39 is 72.9 Å². The van der Waals surface area contributed by atoms with Crippen molar-refractivity contribution < 1.29 is 73.6 Å². The SMILES string of the molecule is O=S(=O)([O-])c1ccc2c([O-])c(N=Nc3cc(Nc4nc(Cl)nc(Cl)c4Cl)ccc3S(=O)(=O)[O-])cc(S(=O)(=O)O)c2c1.[Na+]. The van der Waals surface area contributed by atoms with Crippen LogP contribution in [0.3, 0.4) is 0 Å². The zero-order valence-electron chi connectivity index (χ0n) is 20.3. The molecule has 0 atom stereocenters. The molecule has 3 aromatic carbocycles. The van der Waals surface area contributed by atoms with Gasteiger partial charge in [-0.25, -0.2) is 21.8 Å². The molecule has 42 heavy (non-hydrogen) atoms. The van der Waals surface area contributed by atoms with Gasteiger partial charge in [-0.2, -0.15) is 18.5 Å². The van der Waals surface area contributed by atoms with E-state index in [1.165, 1.54) is 0 Å². The van der Waals surface area contributed by atoms with Crippen LogP contribution in [0.25, 0.3) is 10.8 Å². The second-order valence-electron chi connectivity index (χ2n) is 7.77. The van der Waals surface area contributed by atoms with Crippen molar-refractivity contribution in [1.29, 1.82) is 0 Å². The standard InChI is InChI=1S/C20H12Cl3N5O10S3.Na/c21-16-18(22)25-20(23)26-19(16)24-8-1-4-14(40(33,34)35)12(5-8)27-28-13-7-15(41(36,37)38)11-6-9(39(30,31)32)2-3-10(11)17(13)29;/h1-7,29H,(H,24,25,26)(H,30,31,32)(H,33,34,35)(H,36,37,38);/q;+1/p-3. The van der Waals surface area contributed by atoms with Crippen molar-refractivity contribution in [3.63, 3.8) is 0 Å². The van der Waals surface area contributed by atoms with E-state index >= 15 is 0 Å².